The highest BCUT2D eigenvalue weighted by Crippen LogP contribution is 2.23. The molecule has 2 heterocycles. The number of hydrogen-bond acceptors (Lipinski definition) is 5. The fraction of sp³-hybridized carbons (Fsp3) is 0.545. The Labute approximate surface area is 110 Å². The van der Waals surface area contributed by atoms with Gasteiger partial charge < -0.3 is 4.74 Å². The van der Waals surface area contributed by atoms with Crippen molar-refractivity contribution in [2.45, 2.75) is 23.6 Å². The van der Waals surface area contributed by atoms with Gasteiger partial charge >= 0.3 is 0 Å². The molecule has 1 aliphatic heterocycles. The van der Waals surface area contributed by atoms with Crippen LogP contribution in [0.25, 0.3) is 0 Å². The summed E-state index contributed by atoms with van der Waals surface area (Å²) in [6.45, 7) is 3.11. The summed E-state index contributed by atoms with van der Waals surface area (Å²) in [5.41, 5.74) is 0. The maximum Gasteiger partial charge on any atom is 0.250 e. The molecule has 2 rings (SSSR count). The van der Waals surface area contributed by atoms with Crippen LogP contribution in [-0.2, 0) is 14.8 Å². The van der Waals surface area contributed by atoms with Gasteiger partial charge in [0.25, 0.3) is 0 Å². The molecule has 18 heavy (non-hydrogen) atoms. The van der Waals surface area contributed by atoms with Gasteiger partial charge in [0.05, 0.1) is 6.61 Å². The zero-order valence-corrected chi connectivity index (χ0v) is 11.6. The van der Waals surface area contributed by atoms with Gasteiger partial charge in [-0.15, -0.1) is 11.3 Å². The number of rotatable bonds is 3. The number of sulfonamides is 1. The number of nitrogens with zero attached hydrogens (tertiary/aromatic N) is 1. The van der Waals surface area contributed by atoms with Gasteiger partial charge in [0.1, 0.15) is 15.2 Å². The van der Waals surface area contributed by atoms with Crippen LogP contribution in [0.3, 0.4) is 0 Å². The monoisotopic (exact) mass is 286 g/mol. The molecule has 2 atom stereocenters. The van der Waals surface area contributed by atoms with Crippen molar-refractivity contribution in [2.24, 2.45) is 5.92 Å². The van der Waals surface area contributed by atoms with Crippen LogP contribution >= 0.6 is 11.3 Å². The largest absolute Gasteiger partial charge is 0.381 e. The molecule has 0 aromatic carbocycles. The van der Waals surface area contributed by atoms with Gasteiger partial charge in [0.15, 0.2) is 0 Å². The Hall–Kier alpha value is -0.940. The number of thiophene rings is 1. The Balaban J connectivity index is 2.14. The molecule has 5 nitrogen and oxygen atoms in total. The highest BCUT2D eigenvalue weighted by atomic mass is 32.2. The molecule has 1 aromatic heterocycles. The topological polar surface area (TPSA) is 79.2 Å². The van der Waals surface area contributed by atoms with Crippen LogP contribution in [0.15, 0.2) is 16.3 Å². The summed E-state index contributed by atoms with van der Waals surface area (Å²) in [5, 5.41) is 8.71. The second-order valence-electron chi connectivity index (χ2n) is 4.30. The first-order valence-corrected chi connectivity index (χ1v) is 7.93. The maximum absolute atomic E-state index is 12.1. The SMILES string of the molecule is CC1COCCC1NS(=O)(=O)c1ccc(C#N)s1. The average Bonchev–Trinajstić information content (AvgIpc) is 2.81. The molecule has 1 fully saturated rings. The molecule has 98 valence electrons. The molecule has 1 saturated heterocycles. The lowest BCUT2D eigenvalue weighted by molar-refractivity contribution is 0.0450. The summed E-state index contributed by atoms with van der Waals surface area (Å²) in [5.74, 6) is 0.156. The molecule has 0 bridgehead atoms. The van der Waals surface area contributed by atoms with Crippen molar-refractivity contribution in [1.29, 1.82) is 5.26 Å². The van der Waals surface area contributed by atoms with Crippen LogP contribution in [0.1, 0.15) is 18.2 Å². The zero-order chi connectivity index (χ0) is 13.2. The van der Waals surface area contributed by atoms with E-state index in [2.05, 4.69) is 4.72 Å². The van der Waals surface area contributed by atoms with E-state index in [1.165, 1.54) is 12.1 Å². The predicted molar refractivity (Wildman–Crippen MR) is 67.7 cm³/mol. The second-order valence-corrected chi connectivity index (χ2v) is 7.32. The summed E-state index contributed by atoms with van der Waals surface area (Å²) in [6.07, 6.45) is 0.677. The van der Waals surface area contributed by atoms with Crippen molar-refractivity contribution < 1.29 is 13.2 Å². The van der Waals surface area contributed by atoms with Gasteiger partial charge in [0, 0.05) is 12.6 Å². The molecule has 1 aromatic rings. The third-order valence-electron chi connectivity index (χ3n) is 2.90. The van der Waals surface area contributed by atoms with Crippen molar-refractivity contribution >= 4 is 21.4 Å². The van der Waals surface area contributed by atoms with Gasteiger partial charge in [-0.25, -0.2) is 13.1 Å². The van der Waals surface area contributed by atoms with Gasteiger partial charge in [-0.1, -0.05) is 6.92 Å². The van der Waals surface area contributed by atoms with Crippen molar-refractivity contribution in [2.75, 3.05) is 13.2 Å². The zero-order valence-electron chi connectivity index (χ0n) is 9.92. The highest BCUT2D eigenvalue weighted by molar-refractivity contribution is 7.91. The molecule has 7 heteroatoms. The minimum atomic E-state index is -3.52. The Morgan fingerprint density at radius 1 is 1.56 bits per heavy atom. The van der Waals surface area contributed by atoms with E-state index >= 15 is 0 Å². The minimum absolute atomic E-state index is 0.101. The summed E-state index contributed by atoms with van der Waals surface area (Å²) < 4.78 is 32.4. The minimum Gasteiger partial charge on any atom is -0.381 e. The van der Waals surface area contributed by atoms with Crippen LogP contribution in [0.2, 0.25) is 0 Å². The van der Waals surface area contributed by atoms with Crippen molar-refractivity contribution in [3.63, 3.8) is 0 Å². The number of nitrogens with one attached hydrogen (secondary N) is 1. The highest BCUT2D eigenvalue weighted by Gasteiger charge is 2.28. The van der Waals surface area contributed by atoms with Crippen LogP contribution in [0.4, 0.5) is 0 Å². The normalized spacial score (nSPS) is 24.7. The van der Waals surface area contributed by atoms with Crippen molar-refractivity contribution in [1.82, 2.24) is 4.72 Å². The molecule has 1 N–H and O–H groups in total. The quantitative estimate of drug-likeness (QED) is 0.909. The third kappa shape index (κ3) is 2.90. The van der Waals surface area contributed by atoms with E-state index in [9.17, 15) is 8.42 Å². The van der Waals surface area contributed by atoms with Crippen LogP contribution in [0.5, 0.6) is 0 Å². The summed E-state index contributed by atoms with van der Waals surface area (Å²) in [6, 6.07) is 4.83. The molecular weight excluding hydrogens is 272 g/mol. The molecule has 1 aliphatic rings. The van der Waals surface area contributed by atoms with Crippen LogP contribution in [0, 0.1) is 17.2 Å². The van der Waals surface area contributed by atoms with E-state index in [0.717, 1.165) is 11.3 Å². The first kappa shape index (κ1) is 13.5. The summed E-state index contributed by atoms with van der Waals surface area (Å²) in [7, 11) is -3.52. The average molecular weight is 286 g/mol. The number of nitriles is 1. The van der Waals surface area contributed by atoms with E-state index < -0.39 is 10.0 Å². The Morgan fingerprint density at radius 3 is 2.94 bits per heavy atom. The molecule has 0 saturated carbocycles. The van der Waals surface area contributed by atoms with E-state index in [1.54, 1.807) is 0 Å². The fourth-order valence-corrected chi connectivity index (χ4v) is 4.34. The second kappa shape index (κ2) is 5.36. The molecule has 2 unspecified atom stereocenters. The lowest BCUT2D eigenvalue weighted by atomic mass is 9.99. The maximum atomic E-state index is 12.1. The summed E-state index contributed by atoms with van der Waals surface area (Å²) in [4.78, 5) is 0.399. The fourth-order valence-electron chi connectivity index (χ4n) is 1.84. The lowest BCUT2D eigenvalue weighted by Gasteiger charge is -2.29. The predicted octanol–water partition coefficient (Wildman–Crippen LogP) is 1.32. The van der Waals surface area contributed by atoms with Crippen molar-refractivity contribution in [3.8, 4) is 6.07 Å². The Morgan fingerprint density at radius 2 is 2.33 bits per heavy atom. The van der Waals surface area contributed by atoms with E-state index in [4.69, 9.17) is 10.00 Å². The van der Waals surface area contributed by atoms with Gasteiger partial charge in [-0.3, -0.25) is 0 Å². The molecule has 0 aliphatic carbocycles. The Kier molecular flexibility index (Phi) is 4.02. The first-order chi connectivity index (χ1) is 8.53. The van der Waals surface area contributed by atoms with E-state index in [0.29, 0.717) is 24.5 Å². The third-order valence-corrected chi connectivity index (χ3v) is 5.88. The van der Waals surface area contributed by atoms with E-state index in [-0.39, 0.29) is 16.2 Å². The van der Waals surface area contributed by atoms with E-state index in [1.807, 2.05) is 13.0 Å². The standard InChI is InChI=1S/C11H14N2O3S2/c1-8-7-16-5-4-10(8)13-18(14,15)11-3-2-9(6-12)17-11/h2-3,8,10,13H,4-5,7H2,1H3. The molecule has 0 radical (unpaired) electrons. The van der Waals surface area contributed by atoms with Crippen LogP contribution < -0.4 is 4.72 Å². The molecular formula is C11H14N2O3S2. The smallest absolute Gasteiger partial charge is 0.250 e. The van der Waals surface area contributed by atoms with Gasteiger partial charge in [-0.05, 0) is 24.5 Å². The summed E-state index contributed by atoms with van der Waals surface area (Å²) >= 11 is 0.987. The molecule has 0 amide bonds. The van der Waals surface area contributed by atoms with Crippen LogP contribution in [-0.4, -0.2) is 27.7 Å². The first-order valence-electron chi connectivity index (χ1n) is 5.63. The van der Waals surface area contributed by atoms with Gasteiger partial charge in [0.2, 0.25) is 10.0 Å². The lowest BCUT2D eigenvalue weighted by Crippen LogP contribution is -2.44. The van der Waals surface area contributed by atoms with Gasteiger partial charge in [-0.2, -0.15) is 5.26 Å². The number of ether oxygens (including phenoxy) is 1. The Bertz CT molecular complexity index is 559. The number of hydrogen-bond donors (Lipinski definition) is 1. The van der Waals surface area contributed by atoms with Crippen molar-refractivity contribution in [3.05, 3.63) is 17.0 Å². The molecule has 0 spiro atoms.